The number of aryl methyl sites for hydroxylation is 4. The van der Waals surface area contributed by atoms with Crippen molar-refractivity contribution in [3.05, 3.63) is 295 Å². The van der Waals surface area contributed by atoms with Crippen LogP contribution < -0.4 is 0 Å². The molecule has 0 atom stereocenters. The number of pyridine rings is 1. The van der Waals surface area contributed by atoms with Crippen LogP contribution in [0.3, 0.4) is 0 Å². The SMILES string of the molecule is Cc1cn(-c2[c-]cccc2)nc1C.Cc1cn(-c2[c-]cccc2)nc1Cc1ccccc1.Cc1nn(-c2[c-]cccc2)cc1-c1ccccn1.[Pt].[Pt].[Pt].[Pt].[c-]1ccccc1-n1cc(-c2ccccc2)c(-c2ccccc2)n1. The Morgan fingerprint density at radius 2 is 0.779 bits per heavy atom. The van der Waals surface area contributed by atoms with Gasteiger partial charge in [0.05, 0.1) is 22.8 Å². The molecule has 12 aromatic rings. The largest absolute Gasteiger partial charge is 0.265 e. The summed E-state index contributed by atoms with van der Waals surface area (Å²) < 4.78 is 7.47. The minimum atomic E-state index is 0. The molecule has 0 aliphatic rings. The molecule has 5 heterocycles. The van der Waals surface area contributed by atoms with E-state index in [0.29, 0.717) is 0 Å². The fourth-order valence-corrected chi connectivity index (χ4v) is 7.85. The summed E-state index contributed by atoms with van der Waals surface area (Å²) in [6.07, 6.45) is 10.8. The number of hydrogen-bond acceptors (Lipinski definition) is 5. The fourth-order valence-electron chi connectivity index (χ4n) is 7.85. The van der Waals surface area contributed by atoms with Crippen LogP contribution in [0.2, 0.25) is 0 Å². The molecule has 0 unspecified atom stereocenters. The zero-order valence-electron chi connectivity index (χ0n) is 42.5. The van der Waals surface area contributed by atoms with Gasteiger partial charge in [-0.05, 0) is 84.8 Å². The second kappa shape index (κ2) is 30.9. The molecule has 398 valence electrons. The third-order valence-electron chi connectivity index (χ3n) is 11.8. The zero-order valence-corrected chi connectivity index (χ0v) is 51.6. The standard InChI is InChI=1S/C21H15N2.C17H15N2.C15H12N3.C11H11N2.4Pt/c1-4-10-17(11-5-1)20-16-23(19-14-8-3-9-15-19)22-21(20)18-12-6-2-7-13-18;1-14-13-19(16-10-6-3-7-11-16)18-17(14)12-15-8-4-2-5-9-15;1-12-14(15-9-5-6-10-16-15)11-18(17-12)13-7-3-2-4-8-13;1-9-8-13(12-10(9)2)11-6-4-3-5-7-11;;;;/h1-14,16H;2-10,13H,12H2,1H3;2-7,9-11H,1H3;3-6,8H,1-2H3;;;;/q4*-1;;;;. The molecule has 9 nitrogen and oxygen atoms in total. The fraction of sp³-hybridized carbons (Fsp3) is 0.0781. The number of rotatable bonds is 9. The second-order valence-corrected chi connectivity index (χ2v) is 17.1. The molecule has 0 saturated heterocycles. The summed E-state index contributed by atoms with van der Waals surface area (Å²) in [6.45, 7) is 8.16. The molecule has 0 amide bonds. The van der Waals surface area contributed by atoms with Crippen LogP contribution in [0.1, 0.15) is 33.8 Å². The van der Waals surface area contributed by atoms with Gasteiger partial charge in [-0.25, -0.2) is 0 Å². The van der Waals surface area contributed by atoms with Crippen molar-refractivity contribution in [1.82, 2.24) is 44.1 Å². The molecule has 0 bridgehead atoms. The summed E-state index contributed by atoms with van der Waals surface area (Å²) in [5, 5.41) is 18.3. The van der Waals surface area contributed by atoms with Crippen LogP contribution in [-0.4, -0.2) is 44.1 Å². The molecular weight excluding hydrogens is 1680 g/mol. The van der Waals surface area contributed by atoms with Crippen LogP contribution in [0, 0.1) is 52.0 Å². The van der Waals surface area contributed by atoms with Gasteiger partial charge in [-0.3, -0.25) is 23.7 Å². The van der Waals surface area contributed by atoms with Gasteiger partial charge in [0.2, 0.25) is 0 Å². The average Bonchev–Trinajstić information content (AvgIpc) is 4.27. The molecule has 77 heavy (non-hydrogen) atoms. The van der Waals surface area contributed by atoms with Crippen LogP contribution in [0.15, 0.2) is 237 Å². The van der Waals surface area contributed by atoms with Crippen molar-refractivity contribution in [2.45, 2.75) is 34.1 Å². The van der Waals surface area contributed by atoms with Crippen molar-refractivity contribution in [3.63, 3.8) is 0 Å². The Morgan fingerprint density at radius 3 is 1.25 bits per heavy atom. The predicted molar refractivity (Wildman–Crippen MR) is 292 cm³/mol. The van der Waals surface area contributed by atoms with E-state index in [9.17, 15) is 0 Å². The molecule has 0 N–H and O–H groups in total. The second-order valence-electron chi connectivity index (χ2n) is 17.1. The molecule has 12 rings (SSSR count). The van der Waals surface area contributed by atoms with E-state index in [0.717, 1.165) is 79.9 Å². The predicted octanol–water partition coefficient (Wildman–Crippen LogP) is 13.9. The van der Waals surface area contributed by atoms with Gasteiger partial charge in [0.15, 0.2) is 0 Å². The van der Waals surface area contributed by atoms with Crippen molar-refractivity contribution in [2.24, 2.45) is 0 Å². The number of para-hydroxylation sites is 4. The molecule has 0 radical (unpaired) electrons. The molecular formula is C64H53N9Pt4-4. The van der Waals surface area contributed by atoms with E-state index >= 15 is 0 Å². The van der Waals surface area contributed by atoms with E-state index in [4.69, 9.17) is 5.10 Å². The molecule has 7 aromatic carbocycles. The quantitative estimate of drug-likeness (QED) is 0.134. The summed E-state index contributed by atoms with van der Waals surface area (Å²) in [5.41, 5.74) is 17.0. The summed E-state index contributed by atoms with van der Waals surface area (Å²) in [5.74, 6) is 0. The van der Waals surface area contributed by atoms with Gasteiger partial charge in [0.25, 0.3) is 0 Å². The molecule has 0 aliphatic carbocycles. The van der Waals surface area contributed by atoms with Gasteiger partial charge < -0.3 is 0 Å². The van der Waals surface area contributed by atoms with E-state index in [-0.39, 0.29) is 84.3 Å². The average molecular weight is 1730 g/mol. The zero-order chi connectivity index (χ0) is 50.2. The molecule has 13 heteroatoms. The Morgan fingerprint density at radius 1 is 0.364 bits per heavy atom. The molecule has 5 aromatic heterocycles. The molecule has 0 aliphatic heterocycles. The minimum absolute atomic E-state index is 0. The third-order valence-corrected chi connectivity index (χ3v) is 11.8. The van der Waals surface area contributed by atoms with E-state index in [1.807, 2.05) is 191 Å². The first kappa shape index (κ1) is 61.1. The Balaban J connectivity index is 0.000000189. The first-order chi connectivity index (χ1) is 35.9. The van der Waals surface area contributed by atoms with Crippen molar-refractivity contribution in [2.75, 3.05) is 0 Å². The number of benzene rings is 7. The molecule has 0 saturated carbocycles. The van der Waals surface area contributed by atoms with Crippen molar-refractivity contribution >= 4 is 0 Å². The van der Waals surface area contributed by atoms with Crippen LogP contribution in [-0.2, 0) is 90.7 Å². The van der Waals surface area contributed by atoms with Crippen LogP contribution in [0.25, 0.3) is 56.4 Å². The van der Waals surface area contributed by atoms with Crippen molar-refractivity contribution in [1.29, 1.82) is 0 Å². The van der Waals surface area contributed by atoms with Crippen LogP contribution in [0.4, 0.5) is 0 Å². The van der Waals surface area contributed by atoms with Gasteiger partial charge in [-0.2, -0.15) is 117 Å². The number of hydrogen-bond donors (Lipinski definition) is 0. The molecule has 0 spiro atoms. The maximum atomic E-state index is 4.81. The summed E-state index contributed by atoms with van der Waals surface area (Å²) >= 11 is 0. The summed E-state index contributed by atoms with van der Waals surface area (Å²) in [7, 11) is 0. The topological polar surface area (TPSA) is 84.2 Å². The van der Waals surface area contributed by atoms with E-state index in [2.05, 4.69) is 131 Å². The summed E-state index contributed by atoms with van der Waals surface area (Å²) in [6, 6.07) is 81.0. The van der Waals surface area contributed by atoms with Crippen molar-refractivity contribution < 1.29 is 84.3 Å². The van der Waals surface area contributed by atoms with E-state index in [1.165, 1.54) is 16.7 Å². The minimum Gasteiger partial charge on any atom is -0.265 e. The van der Waals surface area contributed by atoms with Gasteiger partial charge >= 0.3 is 0 Å². The smallest absolute Gasteiger partial charge is 0.100 e. The van der Waals surface area contributed by atoms with Crippen LogP contribution in [0.5, 0.6) is 0 Å². The first-order valence-corrected chi connectivity index (χ1v) is 24.0. The Bertz CT molecular complexity index is 3480. The van der Waals surface area contributed by atoms with E-state index < -0.39 is 0 Å². The monoisotopic (exact) mass is 1730 g/mol. The Kier molecular flexibility index (Phi) is 24.5. The van der Waals surface area contributed by atoms with Gasteiger partial charge in [-0.1, -0.05) is 97.1 Å². The van der Waals surface area contributed by atoms with Gasteiger partial charge in [0.1, 0.15) is 5.69 Å². The maximum absolute atomic E-state index is 4.81. The summed E-state index contributed by atoms with van der Waals surface area (Å²) in [4.78, 5) is 4.35. The first-order valence-electron chi connectivity index (χ1n) is 24.0. The number of aromatic nitrogens is 9. The molecule has 0 fully saturated rings. The van der Waals surface area contributed by atoms with Gasteiger partial charge in [0, 0.05) is 138 Å². The van der Waals surface area contributed by atoms with Crippen LogP contribution >= 0.6 is 0 Å². The van der Waals surface area contributed by atoms with Crippen molar-refractivity contribution in [3.8, 4) is 56.4 Å². The van der Waals surface area contributed by atoms with Gasteiger partial charge in [-0.15, -0.1) is 24.3 Å². The Labute approximate surface area is 509 Å². The Hall–Kier alpha value is -6.72. The van der Waals surface area contributed by atoms with E-state index in [1.54, 1.807) is 6.20 Å². The normalized spacial score (nSPS) is 9.97. The number of nitrogens with zero attached hydrogens (tertiary/aromatic N) is 9. The third kappa shape index (κ3) is 16.6. The maximum Gasteiger partial charge on any atom is 0.100 e.